The lowest BCUT2D eigenvalue weighted by molar-refractivity contribution is -0.132. The number of carbonyl (C=O) groups excluding carboxylic acids is 3. The Morgan fingerprint density at radius 3 is 2.59 bits per heavy atom. The number of nitrogens with zero attached hydrogens (tertiary/aromatic N) is 1. The van der Waals surface area contributed by atoms with E-state index in [0.29, 0.717) is 17.1 Å². The molecule has 156 valence electrons. The zero-order valence-electron chi connectivity index (χ0n) is 17.2. The molecule has 1 aromatic carbocycles. The number of hydrogen-bond donors (Lipinski definition) is 1. The van der Waals surface area contributed by atoms with Crippen molar-refractivity contribution in [3.63, 3.8) is 0 Å². The van der Waals surface area contributed by atoms with Crippen molar-refractivity contribution in [2.24, 2.45) is 0 Å². The Kier molecular flexibility index (Phi) is 6.56. The van der Waals surface area contributed by atoms with Gasteiger partial charge in [-0.3, -0.25) is 19.8 Å². The quantitative estimate of drug-likeness (QED) is 0.582. The van der Waals surface area contributed by atoms with Gasteiger partial charge in [0.25, 0.3) is 11.8 Å². The second kappa shape index (κ2) is 9.11. The van der Waals surface area contributed by atoms with Gasteiger partial charge in [-0.05, 0) is 38.3 Å². The van der Waals surface area contributed by atoms with Crippen molar-refractivity contribution in [3.8, 4) is 11.5 Å². The lowest BCUT2D eigenvalue weighted by Gasteiger charge is -2.35. The van der Waals surface area contributed by atoms with E-state index in [1.807, 2.05) is 13.8 Å². The Morgan fingerprint density at radius 1 is 1.21 bits per heavy atom. The first-order valence-electron chi connectivity index (χ1n) is 10.2. The van der Waals surface area contributed by atoms with Crippen LogP contribution in [0, 0.1) is 0 Å². The summed E-state index contributed by atoms with van der Waals surface area (Å²) in [7, 11) is 1.54. The molecule has 0 bridgehead atoms. The van der Waals surface area contributed by atoms with Crippen LogP contribution in [0.4, 0.5) is 4.79 Å². The average Bonchev–Trinajstić information content (AvgIpc) is 2.72. The van der Waals surface area contributed by atoms with Gasteiger partial charge in [-0.25, -0.2) is 4.79 Å². The Labute approximate surface area is 171 Å². The summed E-state index contributed by atoms with van der Waals surface area (Å²) >= 11 is 0. The molecule has 1 atom stereocenters. The van der Waals surface area contributed by atoms with Crippen LogP contribution >= 0.6 is 0 Å². The highest BCUT2D eigenvalue weighted by atomic mass is 16.5. The maximum Gasteiger partial charge on any atom is 0.331 e. The molecular weight excluding hydrogens is 372 g/mol. The van der Waals surface area contributed by atoms with Gasteiger partial charge >= 0.3 is 6.03 Å². The van der Waals surface area contributed by atoms with E-state index in [2.05, 4.69) is 5.32 Å². The summed E-state index contributed by atoms with van der Waals surface area (Å²) in [5, 5.41) is 2.31. The van der Waals surface area contributed by atoms with Crippen molar-refractivity contribution in [1.82, 2.24) is 10.2 Å². The second-order valence-electron chi connectivity index (χ2n) is 7.50. The summed E-state index contributed by atoms with van der Waals surface area (Å²) in [4.78, 5) is 39.1. The Hall–Kier alpha value is -2.83. The monoisotopic (exact) mass is 400 g/mol. The Bertz CT molecular complexity index is 826. The van der Waals surface area contributed by atoms with E-state index in [9.17, 15) is 14.4 Å². The molecule has 1 aliphatic heterocycles. The molecular formula is C22H28N2O5. The maximum absolute atomic E-state index is 13.1. The second-order valence-corrected chi connectivity index (χ2v) is 7.50. The molecule has 1 heterocycles. The van der Waals surface area contributed by atoms with Crippen molar-refractivity contribution >= 4 is 23.9 Å². The van der Waals surface area contributed by atoms with Crippen LogP contribution in [0.3, 0.4) is 0 Å². The Morgan fingerprint density at radius 2 is 1.93 bits per heavy atom. The van der Waals surface area contributed by atoms with Gasteiger partial charge < -0.3 is 9.47 Å². The van der Waals surface area contributed by atoms with E-state index in [1.54, 1.807) is 18.2 Å². The summed E-state index contributed by atoms with van der Waals surface area (Å²) in [6.07, 6.45) is 6.78. The molecule has 7 nitrogen and oxygen atoms in total. The van der Waals surface area contributed by atoms with Crippen molar-refractivity contribution < 1.29 is 23.9 Å². The summed E-state index contributed by atoms with van der Waals surface area (Å²) in [6, 6.07) is 4.49. The normalized spacial score (nSPS) is 20.6. The van der Waals surface area contributed by atoms with E-state index in [1.165, 1.54) is 18.1 Å². The first-order valence-corrected chi connectivity index (χ1v) is 10.2. The number of imide groups is 2. The topological polar surface area (TPSA) is 84.9 Å². The van der Waals surface area contributed by atoms with Crippen LogP contribution in [0.2, 0.25) is 0 Å². The van der Waals surface area contributed by atoms with Gasteiger partial charge in [0.15, 0.2) is 11.5 Å². The van der Waals surface area contributed by atoms with Crippen molar-refractivity contribution in [1.29, 1.82) is 0 Å². The molecule has 1 N–H and O–H groups in total. The molecule has 2 fully saturated rings. The number of amides is 4. The fourth-order valence-corrected chi connectivity index (χ4v) is 3.72. The zero-order valence-corrected chi connectivity index (χ0v) is 17.2. The highest BCUT2D eigenvalue weighted by molar-refractivity contribution is 6.31. The number of ether oxygens (including phenoxy) is 2. The van der Waals surface area contributed by atoms with E-state index >= 15 is 0 Å². The van der Waals surface area contributed by atoms with Crippen LogP contribution in [0.15, 0.2) is 23.8 Å². The van der Waals surface area contributed by atoms with Crippen LogP contribution in [0.5, 0.6) is 11.5 Å². The van der Waals surface area contributed by atoms with Crippen molar-refractivity contribution in [2.75, 3.05) is 7.11 Å². The minimum absolute atomic E-state index is 0.0698. The summed E-state index contributed by atoms with van der Waals surface area (Å²) in [5.41, 5.74) is 0.485. The van der Waals surface area contributed by atoms with Gasteiger partial charge in [0, 0.05) is 11.6 Å². The number of methoxy groups -OCH3 is 1. The maximum atomic E-state index is 13.1. The molecule has 1 aliphatic carbocycles. The third-order valence-corrected chi connectivity index (χ3v) is 5.50. The number of benzene rings is 1. The minimum atomic E-state index is -0.690. The first kappa shape index (κ1) is 20.9. The fourth-order valence-electron chi connectivity index (χ4n) is 3.72. The fraction of sp³-hybridized carbons (Fsp3) is 0.500. The van der Waals surface area contributed by atoms with E-state index in [0.717, 1.165) is 38.5 Å². The van der Waals surface area contributed by atoms with Crippen LogP contribution in [-0.4, -0.2) is 42.0 Å². The molecule has 0 radical (unpaired) electrons. The number of carbonyl (C=O) groups is 3. The summed E-state index contributed by atoms with van der Waals surface area (Å²) < 4.78 is 11.4. The number of urea groups is 1. The molecule has 1 saturated carbocycles. The molecule has 0 spiro atoms. The largest absolute Gasteiger partial charge is 0.493 e. The molecule has 4 amide bonds. The predicted octanol–water partition coefficient (Wildman–Crippen LogP) is 3.67. The molecule has 29 heavy (non-hydrogen) atoms. The molecule has 3 rings (SSSR count). The van der Waals surface area contributed by atoms with Gasteiger partial charge in [-0.15, -0.1) is 0 Å². The number of hydrogen-bond acceptors (Lipinski definition) is 5. The van der Waals surface area contributed by atoms with E-state index in [4.69, 9.17) is 9.47 Å². The third kappa shape index (κ3) is 4.44. The summed E-state index contributed by atoms with van der Waals surface area (Å²) in [5.74, 6) is -0.255. The highest BCUT2D eigenvalue weighted by Crippen LogP contribution is 2.34. The van der Waals surface area contributed by atoms with Crippen LogP contribution < -0.4 is 14.8 Å². The van der Waals surface area contributed by atoms with Crippen molar-refractivity contribution in [3.05, 3.63) is 29.3 Å². The number of para-hydroxylation sites is 1. The van der Waals surface area contributed by atoms with Gasteiger partial charge in [0.05, 0.1) is 13.2 Å². The van der Waals surface area contributed by atoms with Gasteiger partial charge in [-0.1, -0.05) is 38.3 Å². The molecule has 0 aromatic heterocycles. The summed E-state index contributed by atoms with van der Waals surface area (Å²) in [6.45, 7) is 3.94. The average molecular weight is 400 g/mol. The highest BCUT2D eigenvalue weighted by Gasteiger charge is 2.40. The lowest BCUT2D eigenvalue weighted by Crippen LogP contribution is -2.58. The first-order chi connectivity index (χ1) is 14.0. The minimum Gasteiger partial charge on any atom is -0.493 e. The lowest BCUT2D eigenvalue weighted by atomic mass is 9.93. The SMILES string of the molecule is CC[C@H](C)Oc1c(/C=C2\C(=O)NC(=O)N(C3CCCCC3)C2=O)cccc1OC. The van der Waals surface area contributed by atoms with E-state index < -0.39 is 17.8 Å². The molecule has 2 aliphatic rings. The number of rotatable bonds is 6. The standard InChI is InChI=1S/C22H28N2O5/c1-4-14(2)29-19-15(9-8-12-18(19)28-3)13-17-20(25)23-22(27)24(21(17)26)16-10-6-5-7-11-16/h8-9,12-14,16H,4-7,10-11H2,1-3H3,(H,23,25,27)/b17-13+/t14-/m0/s1. The van der Waals surface area contributed by atoms with Crippen LogP contribution in [0.1, 0.15) is 57.9 Å². The number of barbiturate groups is 1. The molecule has 1 saturated heterocycles. The smallest absolute Gasteiger partial charge is 0.331 e. The number of nitrogens with one attached hydrogen (secondary N) is 1. The van der Waals surface area contributed by atoms with E-state index in [-0.39, 0.29) is 17.7 Å². The van der Waals surface area contributed by atoms with Gasteiger partial charge in [0.1, 0.15) is 5.57 Å². The molecule has 7 heteroatoms. The van der Waals surface area contributed by atoms with Gasteiger partial charge in [0.2, 0.25) is 0 Å². The van der Waals surface area contributed by atoms with Crippen LogP contribution in [0.25, 0.3) is 6.08 Å². The Balaban J connectivity index is 1.98. The zero-order chi connectivity index (χ0) is 21.0. The van der Waals surface area contributed by atoms with Crippen molar-refractivity contribution in [2.45, 2.75) is 64.5 Å². The molecule has 1 aromatic rings. The van der Waals surface area contributed by atoms with Crippen LogP contribution in [-0.2, 0) is 9.59 Å². The molecule has 0 unspecified atom stereocenters. The third-order valence-electron chi connectivity index (χ3n) is 5.50. The van der Waals surface area contributed by atoms with Gasteiger partial charge in [-0.2, -0.15) is 0 Å². The predicted molar refractivity (Wildman–Crippen MR) is 109 cm³/mol.